The number of aryl methyl sites for hydroxylation is 1. The number of fused-ring (bicyclic) bond motifs is 1. The summed E-state index contributed by atoms with van der Waals surface area (Å²) in [5.41, 5.74) is 3.51. The van der Waals surface area contributed by atoms with E-state index < -0.39 is 0 Å². The van der Waals surface area contributed by atoms with Crippen molar-refractivity contribution in [3.8, 4) is 22.8 Å². The van der Waals surface area contributed by atoms with Crippen LogP contribution in [0.3, 0.4) is 0 Å². The summed E-state index contributed by atoms with van der Waals surface area (Å²) in [6.45, 7) is 2.86. The number of nitrogens with one attached hydrogen (secondary N) is 2. The number of amides is 2. The van der Waals surface area contributed by atoms with Crippen LogP contribution in [0.1, 0.15) is 43.5 Å². The number of hydrogen-bond acceptors (Lipinski definition) is 4. The molecule has 2 N–H and O–H groups in total. The number of hydrogen-bond donors (Lipinski definition) is 2. The maximum atomic E-state index is 13.4. The lowest BCUT2D eigenvalue weighted by Gasteiger charge is -2.21. The lowest BCUT2D eigenvalue weighted by Crippen LogP contribution is -2.39. The predicted octanol–water partition coefficient (Wildman–Crippen LogP) is 5.06. The third-order valence-corrected chi connectivity index (χ3v) is 5.77. The first-order chi connectivity index (χ1) is 16.0. The molecule has 33 heavy (non-hydrogen) atoms. The maximum Gasteiger partial charge on any atom is 0.317 e. The highest BCUT2D eigenvalue weighted by Gasteiger charge is 2.18. The van der Waals surface area contributed by atoms with Crippen molar-refractivity contribution in [3.63, 3.8) is 0 Å². The van der Waals surface area contributed by atoms with E-state index in [-0.39, 0.29) is 24.7 Å². The van der Waals surface area contributed by atoms with Crippen molar-refractivity contribution < 1.29 is 18.7 Å². The number of aromatic amines is 1. The zero-order chi connectivity index (χ0) is 23.2. The van der Waals surface area contributed by atoms with Crippen molar-refractivity contribution >= 4 is 6.03 Å². The number of carbonyl (C=O) groups is 1. The largest absolute Gasteiger partial charge is 0.454 e. The molecule has 0 bridgehead atoms. The van der Waals surface area contributed by atoms with E-state index in [1.165, 1.54) is 12.1 Å². The average molecular weight is 453 g/mol. The summed E-state index contributed by atoms with van der Waals surface area (Å²) in [7, 11) is 1.81. The smallest absolute Gasteiger partial charge is 0.317 e. The second-order valence-electron chi connectivity index (χ2n) is 8.30. The number of rotatable bonds is 9. The highest BCUT2D eigenvalue weighted by atomic mass is 19.1. The molecule has 0 aliphatic carbocycles. The van der Waals surface area contributed by atoms with Gasteiger partial charge in [0.2, 0.25) is 6.79 Å². The lowest BCUT2D eigenvalue weighted by molar-refractivity contribution is 0.174. The topological polar surface area (TPSA) is 79.5 Å². The first-order valence-electron chi connectivity index (χ1n) is 11.2. The van der Waals surface area contributed by atoms with Gasteiger partial charge in [-0.15, -0.1) is 0 Å². The summed E-state index contributed by atoms with van der Waals surface area (Å²) >= 11 is 0. The standard InChI is InChI=1S/C25H29FN4O3/c1-17(18-10-11-23-24(14-18)33-16-32-23)27-25(31)30(2)12-5-3-4-9-21-15-22(29-28-21)19-7-6-8-20(26)13-19/h6-8,10-11,13-15,17H,3-5,9,12,16H2,1-2H3,(H,27,31)(H,28,29). The monoisotopic (exact) mass is 452 g/mol. The fraction of sp³-hybridized carbons (Fsp3) is 0.360. The number of urea groups is 1. The van der Waals surface area contributed by atoms with Gasteiger partial charge in [0.05, 0.1) is 11.7 Å². The Labute approximate surface area is 192 Å². The molecule has 174 valence electrons. The van der Waals surface area contributed by atoms with Crippen LogP contribution >= 0.6 is 0 Å². The van der Waals surface area contributed by atoms with Crippen molar-refractivity contribution in [1.29, 1.82) is 0 Å². The minimum Gasteiger partial charge on any atom is -0.454 e. The summed E-state index contributed by atoms with van der Waals surface area (Å²) < 4.78 is 24.1. The molecule has 2 aromatic carbocycles. The highest BCUT2D eigenvalue weighted by molar-refractivity contribution is 5.74. The van der Waals surface area contributed by atoms with Gasteiger partial charge in [-0.05, 0) is 62.1 Å². The molecule has 4 rings (SSSR count). The molecule has 2 heterocycles. The van der Waals surface area contributed by atoms with Crippen LogP contribution in [0.2, 0.25) is 0 Å². The van der Waals surface area contributed by atoms with Gasteiger partial charge in [0.15, 0.2) is 11.5 Å². The van der Waals surface area contributed by atoms with E-state index in [2.05, 4.69) is 15.5 Å². The second-order valence-corrected chi connectivity index (χ2v) is 8.30. The maximum absolute atomic E-state index is 13.4. The fourth-order valence-corrected chi connectivity index (χ4v) is 3.79. The Morgan fingerprint density at radius 1 is 1.15 bits per heavy atom. The average Bonchev–Trinajstić information content (AvgIpc) is 3.47. The molecule has 0 saturated heterocycles. The summed E-state index contributed by atoms with van der Waals surface area (Å²) in [6, 6.07) is 13.9. The van der Waals surface area contributed by atoms with Crippen LogP contribution in [0.25, 0.3) is 11.3 Å². The third kappa shape index (κ3) is 5.83. The Hall–Kier alpha value is -3.55. The van der Waals surface area contributed by atoms with Crippen molar-refractivity contribution in [2.24, 2.45) is 0 Å². The number of halogens is 1. The van der Waals surface area contributed by atoms with Crippen LogP contribution in [0.15, 0.2) is 48.5 Å². The molecule has 0 fully saturated rings. The molecule has 8 heteroatoms. The Morgan fingerprint density at radius 2 is 2.00 bits per heavy atom. The number of benzene rings is 2. The Bertz CT molecular complexity index is 1100. The molecule has 1 unspecified atom stereocenters. The Balaban J connectivity index is 1.16. The molecule has 7 nitrogen and oxygen atoms in total. The number of aromatic nitrogens is 2. The van der Waals surface area contributed by atoms with E-state index in [0.717, 1.165) is 53.9 Å². The van der Waals surface area contributed by atoms with Gasteiger partial charge in [-0.1, -0.05) is 24.6 Å². The van der Waals surface area contributed by atoms with Crippen LogP contribution in [0.4, 0.5) is 9.18 Å². The first kappa shape index (κ1) is 22.6. The normalized spacial score (nSPS) is 13.1. The predicted molar refractivity (Wildman–Crippen MR) is 124 cm³/mol. The number of carbonyl (C=O) groups excluding carboxylic acids is 1. The molecule has 1 aromatic heterocycles. The molecule has 0 saturated carbocycles. The zero-order valence-electron chi connectivity index (χ0n) is 18.9. The Kier molecular flexibility index (Phi) is 7.12. The van der Waals surface area contributed by atoms with Crippen LogP contribution in [-0.2, 0) is 6.42 Å². The third-order valence-electron chi connectivity index (χ3n) is 5.77. The molecule has 1 aliphatic rings. The second kappa shape index (κ2) is 10.4. The number of unbranched alkanes of at least 4 members (excludes halogenated alkanes) is 2. The van der Waals surface area contributed by atoms with Gasteiger partial charge in [-0.25, -0.2) is 9.18 Å². The van der Waals surface area contributed by atoms with E-state index in [0.29, 0.717) is 12.3 Å². The SMILES string of the molecule is CC(NC(=O)N(C)CCCCCc1cc(-c2cccc(F)c2)n[nH]1)c1ccc2c(c1)OCO2. The minimum absolute atomic E-state index is 0.103. The van der Waals surface area contributed by atoms with Crippen molar-refractivity contribution in [3.05, 3.63) is 65.6 Å². The number of H-pyrrole nitrogens is 1. The van der Waals surface area contributed by atoms with E-state index in [4.69, 9.17) is 9.47 Å². The number of nitrogens with zero attached hydrogens (tertiary/aromatic N) is 2. The van der Waals surface area contributed by atoms with Crippen molar-refractivity contribution in [2.45, 2.75) is 38.6 Å². The first-order valence-corrected chi connectivity index (χ1v) is 11.2. The summed E-state index contributed by atoms with van der Waals surface area (Å²) in [6.07, 6.45) is 3.74. The summed E-state index contributed by atoms with van der Waals surface area (Å²) in [5, 5.41) is 10.3. The Morgan fingerprint density at radius 3 is 2.85 bits per heavy atom. The highest BCUT2D eigenvalue weighted by Crippen LogP contribution is 2.34. The van der Waals surface area contributed by atoms with Crippen LogP contribution in [-0.4, -0.2) is 41.5 Å². The molecule has 2 amide bonds. The van der Waals surface area contributed by atoms with Crippen molar-refractivity contribution in [2.75, 3.05) is 20.4 Å². The van der Waals surface area contributed by atoms with E-state index in [1.807, 2.05) is 44.3 Å². The van der Waals surface area contributed by atoms with Gasteiger partial charge in [-0.2, -0.15) is 5.10 Å². The minimum atomic E-state index is -0.268. The molecule has 1 aliphatic heterocycles. The molecule has 0 radical (unpaired) electrons. The summed E-state index contributed by atoms with van der Waals surface area (Å²) in [5.74, 6) is 1.17. The van der Waals surface area contributed by atoms with Crippen LogP contribution in [0, 0.1) is 5.82 Å². The van der Waals surface area contributed by atoms with Gasteiger partial charge in [0.1, 0.15) is 5.82 Å². The van der Waals surface area contributed by atoms with E-state index in [1.54, 1.807) is 11.0 Å². The van der Waals surface area contributed by atoms with Gasteiger partial charge in [0.25, 0.3) is 0 Å². The molecular weight excluding hydrogens is 423 g/mol. The van der Waals surface area contributed by atoms with E-state index >= 15 is 0 Å². The number of ether oxygens (including phenoxy) is 2. The fourth-order valence-electron chi connectivity index (χ4n) is 3.79. The molecule has 0 spiro atoms. The van der Waals surface area contributed by atoms with Gasteiger partial charge in [0, 0.05) is 24.8 Å². The van der Waals surface area contributed by atoms with Gasteiger partial charge >= 0.3 is 6.03 Å². The van der Waals surface area contributed by atoms with Gasteiger partial charge in [-0.3, -0.25) is 5.10 Å². The lowest BCUT2D eigenvalue weighted by atomic mass is 10.1. The molecule has 1 atom stereocenters. The molecular formula is C25H29FN4O3. The summed E-state index contributed by atoms with van der Waals surface area (Å²) in [4.78, 5) is 14.2. The molecule has 3 aromatic rings. The quantitative estimate of drug-likeness (QED) is 0.445. The zero-order valence-corrected chi connectivity index (χ0v) is 18.9. The van der Waals surface area contributed by atoms with Gasteiger partial charge < -0.3 is 19.7 Å². The van der Waals surface area contributed by atoms with Crippen LogP contribution in [0.5, 0.6) is 11.5 Å². The van der Waals surface area contributed by atoms with E-state index in [9.17, 15) is 9.18 Å². The van der Waals surface area contributed by atoms with Crippen LogP contribution < -0.4 is 14.8 Å². The van der Waals surface area contributed by atoms with Crippen molar-refractivity contribution in [1.82, 2.24) is 20.4 Å².